The number of carbonyl (C=O) groups excluding carboxylic acids is 1. The number of hydrogen-bond acceptors (Lipinski definition) is 4. The van der Waals surface area contributed by atoms with E-state index in [1.54, 1.807) is 17.4 Å². The molecule has 1 amide bonds. The highest BCUT2D eigenvalue weighted by Crippen LogP contribution is 2.26. The van der Waals surface area contributed by atoms with Crippen molar-refractivity contribution in [1.29, 1.82) is 0 Å². The molecule has 0 radical (unpaired) electrons. The van der Waals surface area contributed by atoms with Gasteiger partial charge in [0.15, 0.2) is 5.69 Å². The standard InChI is InChI=1S/C12H14N2O2S/c1-7-6-10(9(3)17-7)8(2)13-12(15)11-4-5-16-14-11/h4-6,8H,1-3H3,(H,13,15). The Morgan fingerprint density at radius 1 is 1.53 bits per heavy atom. The monoisotopic (exact) mass is 250 g/mol. The van der Waals surface area contributed by atoms with Gasteiger partial charge in [-0.05, 0) is 32.4 Å². The molecule has 1 N–H and O–H groups in total. The van der Waals surface area contributed by atoms with E-state index in [0.717, 1.165) is 5.56 Å². The molecule has 0 fully saturated rings. The first kappa shape index (κ1) is 11.9. The highest BCUT2D eigenvalue weighted by molar-refractivity contribution is 7.12. The van der Waals surface area contributed by atoms with Crippen molar-refractivity contribution in [3.05, 3.63) is 39.4 Å². The van der Waals surface area contributed by atoms with Gasteiger partial charge in [-0.1, -0.05) is 5.16 Å². The van der Waals surface area contributed by atoms with Gasteiger partial charge in [0.25, 0.3) is 5.91 Å². The van der Waals surface area contributed by atoms with Crippen molar-refractivity contribution >= 4 is 17.2 Å². The van der Waals surface area contributed by atoms with Crippen LogP contribution in [0, 0.1) is 13.8 Å². The van der Waals surface area contributed by atoms with E-state index < -0.39 is 0 Å². The Bertz CT molecular complexity index is 517. The Kier molecular flexibility index (Phi) is 3.28. The average molecular weight is 250 g/mol. The predicted molar refractivity (Wildman–Crippen MR) is 66.2 cm³/mol. The largest absolute Gasteiger partial charge is 0.364 e. The summed E-state index contributed by atoms with van der Waals surface area (Å²) in [5.74, 6) is -0.213. The van der Waals surface area contributed by atoms with Gasteiger partial charge in [-0.2, -0.15) is 0 Å². The minimum atomic E-state index is -0.213. The van der Waals surface area contributed by atoms with Crippen LogP contribution in [-0.4, -0.2) is 11.1 Å². The van der Waals surface area contributed by atoms with Crippen LogP contribution >= 0.6 is 11.3 Å². The summed E-state index contributed by atoms with van der Waals surface area (Å²) in [7, 11) is 0. The molecule has 0 bridgehead atoms. The third-order valence-corrected chi connectivity index (χ3v) is 3.55. The summed E-state index contributed by atoms with van der Waals surface area (Å²) in [4.78, 5) is 14.3. The smallest absolute Gasteiger partial charge is 0.273 e. The topological polar surface area (TPSA) is 55.1 Å². The van der Waals surface area contributed by atoms with E-state index in [4.69, 9.17) is 0 Å². The molecule has 2 aromatic heterocycles. The van der Waals surface area contributed by atoms with Gasteiger partial charge in [-0.3, -0.25) is 4.79 Å². The number of rotatable bonds is 3. The predicted octanol–water partition coefficient (Wildman–Crippen LogP) is 2.84. The van der Waals surface area contributed by atoms with E-state index in [-0.39, 0.29) is 11.9 Å². The van der Waals surface area contributed by atoms with Gasteiger partial charge >= 0.3 is 0 Å². The number of carbonyl (C=O) groups is 1. The first-order valence-corrected chi connectivity index (χ1v) is 6.17. The maximum atomic E-state index is 11.8. The normalized spacial score (nSPS) is 12.4. The number of nitrogens with one attached hydrogen (secondary N) is 1. The zero-order valence-corrected chi connectivity index (χ0v) is 10.8. The second-order valence-corrected chi connectivity index (χ2v) is 5.41. The van der Waals surface area contributed by atoms with E-state index in [1.807, 2.05) is 6.92 Å². The summed E-state index contributed by atoms with van der Waals surface area (Å²) in [5.41, 5.74) is 1.46. The fraction of sp³-hybridized carbons (Fsp3) is 0.333. The Morgan fingerprint density at radius 2 is 2.29 bits per heavy atom. The van der Waals surface area contributed by atoms with Crippen LogP contribution in [-0.2, 0) is 0 Å². The molecule has 0 spiro atoms. The maximum absolute atomic E-state index is 11.8. The molecule has 1 atom stereocenters. The summed E-state index contributed by atoms with van der Waals surface area (Å²) < 4.78 is 4.64. The number of aryl methyl sites for hydroxylation is 2. The Morgan fingerprint density at radius 3 is 2.82 bits per heavy atom. The Balaban J connectivity index is 2.09. The van der Waals surface area contributed by atoms with Crippen molar-refractivity contribution in [2.45, 2.75) is 26.8 Å². The maximum Gasteiger partial charge on any atom is 0.273 e. The zero-order chi connectivity index (χ0) is 12.4. The third kappa shape index (κ3) is 2.55. The molecular formula is C12H14N2O2S. The molecule has 0 aliphatic carbocycles. The Hall–Kier alpha value is -1.62. The lowest BCUT2D eigenvalue weighted by Crippen LogP contribution is -2.26. The summed E-state index contributed by atoms with van der Waals surface area (Å²) in [6.45, 7) is 6.09. The average Bonchev–Trinajstić information content (AvgIpc) is 2.87. The van der Waals surface area contributed by atoms with Crippen molar-refractivity contribution < 1.29 is 9.32 Å². The molecule has 0 aromatic carbocycles. The summed E-state index contributed by atoms with van der Waals surface area (Å²) >= 11 is 1.74. The molecule has 2 heterocycles. The SMILES string of the molecule is Cc1cc(C(C)NC(=O)c2ccon2)c(C)s1. The quantitative estimate of drug-likeness (QED) is 0.911. The first-order chi connectivity index (χ1) is 8.08. The van der Waals surface area contributed by atoms with Gasteiger partial charge in [-0.15, -0.1) is 11.3 Å². The summed E-state index contributed by atoms with van der Waals surface area (Å²) in [6, 6.07) is 3.63. The van der Waals surface area contributed by atoms with E-state index in [9.17, 15) is 4.79 Å². The third-order valence-electron chi connectivity index (χ3n) is 2.56. The molecule has 5 heteroatoms. The van der Waals surface area contributed by atoms with E-state index >= 15 is 0 Å². The minimum Gasteiger partial charge on any atom is -0.364 e. The van der Waals surface area contributed by atoms with Crippen LogP contribution in [0.2, 0.25) is 0 Å². The van der Waals surface area contributed by atoms with Crippen molar-refractivity contribution in [2.24, 2.45) is 0 Å². The molecule has 0 aliphatic heterocycles. The molecule has 4 nitrogen and oxygen atoms in total. The molecule has 0 saturated carbocycles. The van der Waals surface area contributed by atoms with Gasteiger partial charge in [0.05, 0.1) is 6.04 Å². The number of amides is 1. The van der Waals surface area contributed by atoms with E-state index in [1.165, 1.54) is 16.0 Å². The highest BCUT2D eigenvalue weighted by atomic mass is 32.1. The molecule has 1 unspecified atom stereocenters. The number of nitrogens with zero attached hydrogens (tertiary/aromatic N) is 1. The molecule has 0 aliphatic rings. The lowest BCUT2D eigenvalue weighted by molar-refractivity contribution is 0.0930. The van der Waals surface area contributed by atoms with Crippen LogP contribution in [0.15, 0.2) is 22.9 Å². The first-order valence-electron chi connectivity index (χ1n) is 5.36. The zero-order valence-electron chi connectivity index (χ0n) is 9.98. The molecular weight excluding hydrogens is 236 g/mol. The van der Waals surface area contributed by atoms with Gasteiger partial charge in [0.2, 0.25) is 0 Å². The van der Waals surface area contributed by atoms with Gasteiger partial charge in [0, 0.05) is 15.8 Å². The van der Waals surface area contributed by atoms with Gasteiger partial charge < -0.3 is 9.84 Å². The van der Waals surface area contributed by atoms with Crippen molar-refractivity contribution in [1.82, 2.24) is 10.5 Å². The van der Waals surface area contributed by atoms with E-state index in [0.29, 0.717) is 5.69 Å². The number of thiophene rings is 1. The number of aromatic nitrogens is 1. The molecule has 90 valence electrons. The van der Waals surface area contributed by atoms with Crippen LogP contribution in [0.3, 0.4) is 0 Å². The van der Waals surface area contributed by atoms with Crippen molar-refractivity contribution in [2.75, 3.05) is 0 Å². The molecule has 0 saturated heterocycles. The van der Waals surface area contributed by atoms with E-state index in [2.05, 4.69) is 34.9 Å². The molecule has 2 rings (SSSR count). The lowest BCUT2D eigenvalue weighted by atomic mass is 10.1. The van der Waals surface area contributed by atoms with Crippen molar-refractivity contribution in [3.8, 4) is 0 Å². The lowest BCUT2D eigenvalue weighted by Gasteiger charge is -2.12. The fourth-order valence-electron chi connectivity index (χ4n) is 1.76. The van der Waals surface area contributed by atoms with Crippen LogP contribution in [0.25, 0.3) is 0 Å². The molecule has 2 aromatic rings. The van der Waals surface area contributed by atoms with Gasteiger partial charge in [-0.25, -0.2) is 0 Å². The fourth-order valence-corrected chi connectivity index (χ4v) is 2.78. The highest BCUT2D eigenvalue weighted by Gasteiger charge is 2.16. The summed E-state index contributed by atoms with van der Waals surface area (Å²) in [6.07, 6.45) is 1.39. The summed E-state index contributed by atoms with van der Waals surface area (Å²) in [5, 5.41) is 6.50. The molecule has 17 heavy (non-hydrogen) atoms. The number of hydrogen-bond donors (Lipinski definition) is 1. The van der Waals surface area contributed by atoms with Crippen LogP contribution in [0.4, 0.5) is 0 Å². The van der Waals surface area contributed by atoms with Crippen LogP contribution < -0.4 is 5.32 Å². The Labute approximate surface area is 104 Å². The van der Waals surface area contributed by atoms with Crippen molar-refractivity contribution in [3.63, 3.8) is 0 Å². The van der Waals surface area contributed by atoms with Gasteiger partial charge in [0.1, 0.15) is 6.26 Å². The second-order valence-electron chi connectivity index (χ2n) is 3.95. The van der Waals surface area contributed by atoms with Crippen LogP contribution in [0.1, 0.15) is 38.8 Å². The minimum absolute atomic E-state index is 0.0239. The van der Waals surface area contributed by atoms with Crippen LogP contribution in [0.5, 0.6) is 0 Å². The second kappa shape index (κ2) is 4.71.